The number of carbonyl (C=O) groups excluding carboxylic acids is 1. The number of rotatable bonds is 4. The minimum absolute atomic E-state index is 0.488. The fourth-order valence-corrected chi connectivity index (χ4v) is 1.29. The predicted octanol–water partition coefficient (Wildman–Crippen LogP) is 2.85. The van der Waals surface area contributed by atoms with Gasteiger partial charge in [0.2, 0.25) is 0 Å². The molecule has 1 aromatic rings. The summed E-state index contributed by atoms with van der Waals surface area (Å²) < 4.78 is 5.31. The molecular formula is C9H9ClO2S. The summed E-state index contributed by atoms with van der Waals surface area (Å²) in [6.07, 6.45) is 2.66. The molecule has 0 saturated heterocycles. The third-order valence-electron chi connectivity index (χ3n) is 1.43. The average Bonchev–Trinajstić information content (AvgIpc) is 2.16. The van der Waals surface area contributed by atoms with Crippen LogP contribution < -0.4 is 4.74 Å². The van der Waals surface area contributed by atoms with Gasteiger partial charge in [0.05, 0.1) is 5.56 Å². The molecule has 0 atom stereocenters. The zero-order valence-electron chi connectivity index (χ0n) is 7.12. The summed E-state index contributed by atoms with van der Waals surface area (Å²) in [4.78, 5) is 10.6. The Morgan fingerprint density at radius 1 is 1.62 bits per heavy atom. The lowest BCUT2D eigenvalue weighted by atomic mass is 10.2. The second-order valence-corrected chi connectivity index (χ2v) is 3.60. The maximum Gasteiger partial charge on any atom is 0.153 e. The van der Waals surface area contributed by atoms with E-state index >= 15 is 0 Å². The van der Waals surface area contributed by atoms with Gasteiger partial charge in [-0.25, -0.2) is 0 Å². The van der Waals surface area contributed by atoms with Crippen LogP contribution >= 0.6 is 23.4 Å². The molecule has 70 valence electrons. The first-order chi connectivity index (χ1) is 6.27. The zero-order valence-corrected chi connectivity index (χ0v) is 8.69. The number of hydrogen-bond acceptors (Lipinski definition) is 3. The third kappa shape index (κ3) is 2.94. The molecule has 0 N–H and O–H groups in total. The van der Waals surface area contributed by atoms with Gasteiger partial charge in [0, 0.05) is 5.02 Å². The highest BCUT2D eigenvalue weighted by Crippen LogP contribution is 2.21. The first-order valence-electron chi connectivity index (χ1n) is 3.64. The monoisotopic (exact) mass is 216 g/mol. The van der Waals surface area contributed by atoms with E-state index in [4.69, 9.17) is 16.3 Å². The summed E-state index contributed by atoms with van der Waals surface area (Å²) in [6, 6.07) is 4.98. The van der Waals surface area contributed by atoms with E-state index in [1.54, 1.807) is 30.0 Å². The Hall–Kier alpha value is -0.670. The van der Waals surface area contributed by atoms with Gasteiger partial charge < -0.3 is 4.74 Å². The molecule has 0 unspecified atom stereocenters. The molecule has 0 heterocycles. The molecule has 0 radical (unpaired) electrons. The van der Waals surface area contributed by atoms with Gasteiger partial charge in [0.15, 0.2) is 6.29 Å². The fraction of sp³-hybridized carbons (Fsp3) is 0.222. The molecule has 0 aromatic heterocycles. The van der Waals surface area contributed by atoms with Crippen molar-refractivity contribution in [1.29, 1.82) is 0 Å². The Bertz CT molecular complexity index is 302. The Labute approximate surface area is 86.2 Å². The molecule has 0 aliphatic carbocycles. The number of aldehydes is 1. The molecule has 4 heteroatoms. The highest BCUT2D eigenvalue weighted by atomic mass is 35.5. The number of halogens is 1. The summed E-state index contributed by atoms with van der Waals surface area (Å²) in [5.74, 6) is 1.11. The molecule has 0 saturated carbocycles. The van der Waals surface area contributed by atoms with Crippen LogP contribution in [0.2, 0.25) is 5.02 Å². The van der Waals surface area contributed by atoms with E-state index in [0.717, 1.165) is 6.29 Å². The second-order valence-electron chi connectivity index (χ2n) is 2.35. The molecule has 0 aliphatic rings. The van der Waals surface area contributed by atoms with Gasteiger partial charge in [-0.2, -0.15) is 0 Å². The van der Waals surface area contributed by atoms with E-state index in [1.165, 1.54) is 0 Å². The van der Waals surface area contributed by atoms with Crippen LogP contribution in [-0.2, 0) is 0 Å². The number of benzene rings is 1. The lowest BCUT2D eigenvalue weighted by molar-refractivity contribution is 0.112. The Morgan fingerprint density at radius 3 is 3.00 bits per heavy atom. The molecule has 1 rings (SSSR count). The van der Waals surface area contributed by atoms with E-state index in [-0.39, 0.29) is 0 Å². The smallest absolute Gasteiger partial charge is 0.153 e. The maximum absolute atomic E-state index is 10.6. The molecular weight excluding hydrogens is 208 g/mol. The summed E-state index contributed by atoms with van der Waals surface area (Å²) >= 11 is 7.26. The zero-order chi connectivity index (χ0) is 9.68. The fourth-order valence-electron chi connectivity index (χ4n) is 0.865. The van der Waals surface area contributed by atoms with E-state index in [0.29, 0.717) is 22.3 Å². The molecule has 0 fully saturated rings. The van der Waals surface area contributed by atoms with Crippen molar-refractivity contribution in [1.82, 2.24) is 0 Å². The lowest BCUT2D eigenvalue weighted by Gasteiger charge is -2.06. The Kier molecular flexibility index (Phi) is 4.12. The summed E-state index contributed by atoms with van der Waals surface area (Å²) in [7, 11) is 0. The second kappa shape index (κ2) is 5.14. The van der Waals surface area contributed by atoms with Crippen LogP contribution in [0.25, 0.3) is 0 Å². The molecule has 0 spiro atoms. The van der Waals surface area contributed by atoms with E-state index in [1.807, 2.05) is 6.26 Å². The van der Waals surface area contributed by atoms with Crippen molar-refractivity contribution in [3.63, 3.8) is 0 Å². The summed E-state index contributed by atoms with van der Waals surface area (Å²) in [5, 5.41) is 0.540. The number of ether oxygens (including phenoxy) is 1. The van der Waals surface area contributed by atoms with Gasteiger partial charge in [0.25, 0.3) is 0 Å². The topological polar surface area (TPSA) is 26.3 Å². The third-order valence-corrected chi connectivity index (χ3v) is 2.02. The first-order valence-corrected chi connectivity index (χ1v) is 5.41. The van der Waals surface area contributed by atoms with Crippen molar-refractivity contribution in [2.24, 2.45) is 0 Å². The lowest BCUT2D eigenvalue weighted by Crippen LogP contribution is -1.95. The van der Waals surface area contributed by atoms with Gasteiger partial charge in [-0.3, -0.25) is 4.79 Å². The van der Waals surface area contributed by atoms with Crippen LogP contribution in [0.1, 0.15) is 10.4 Å². The van der Waals surface area contributed by atoms with Gasteiger partial charge in [-0.05, 0) is 24.5 Å². The highest BCUT2D eigenvalue weighted by Gasteiger charge is 2.02. The van der Waals surface area contributed by atoms with Crippen molar-refractivity contribution in [2.75, 3.05) is 12.2 Å². The minimum Gasteiger partial charge on any atom is -0.482 e. The van der Waals surface area contributed by atoms with Crippen molar-refractivity contribution < 1.29 is 9.53 Å². The molecule has 0 amide bonds. The highest BCUT2D eigenvalue weighted by molar-refractivity contribution is 7.98. The maximum atomic E-state index is 10.6. The SMILES string of the molecule is CSCOc1ccc(Cl)cc1C=O. The molecule has 13 heavy (non-hydrogen) atoms. The van der Waals surface area contributed by atoms with E-state index in [2.05, 4.69) is 0 Å². The van der Waals surface area contributed by atoms with Crippen LogP contribution in [0, 0.1) is 0 Å². The van der Waals surface area contributed by atoms with Crippen LogP contribution in [0.15, 0.2) is 18.2 Å². The van der Waals surface area contributed by atoms with Crippen LogP contribution in [0.5, 0.6) is 5.75 Å². The average molecular weight is 217 g/mol. The van der Waals surface area contributed by atoms with E-state index in [9.17, 15) is 4.79 Å². The largest absolute Gasteiger partial charge is 0.482 e. The summed E-state index contributed by atoms with van der Waals surface area (Å²) in [5.41, 5.74) is 0.488. The molecule has 1 aromatic carbocycles. The van der Waals surface area contributed by atoms with Crippen LogP contribution in [0.3, 0.4) is 0 Å². The van der Waals surface area contributed by atoms with Gasteiger partial charge in [0.1, 0.15) is 11.7 Å². The van der Waals surface area contributed by atoms with Gasteiger partial charge in [-0.1, -0.05) is 11.6 Å². The predicted molar refractivity (Wildman–Crippen MR) is 55.8 cm³/mol. The molecule has 0 bridgehead atoms. The van der Waals surface area contributed by atoms with Crippen molar-refractivity contribution in [3.8, 4) is 5.75 Å². The van der Waals surface area contributed by atoms with Crippen molar-refractivity contribution in [2.45, 2.75) is 0 Å². The van der Waals surface area contributed by atoms with Crippen LogP contribution in [-0.4, -0.2) is 18.5 Å². The van der Waals surface area contributed by atoms with Gasteiger partial charge in [-0.15, -0.1) is 11.8 Å². The standard InChI is InChI=1S/C9H9ClO2S/c1-13-6-12-9-3-2-8(10)4-7(9)5-11/h2-5H,6H2,1H3. The van der Waals surface area contributed by atoms with Gasteiger partial charge >= 0.3 is 0 Å². The van der Waals surface area contributed by atoms with Crippen molar-refractivity contribution in [3.05, 3.63) is 28.8 Å². The van der Waals surface area contributed by atoms with E-state index < -0.39 is 0 Å². The number of hydrogen-bond donors (Lipinski definition) is 0. The molecule has 2 nitrogen and oxygen atoms in total. The quantitative estimate of drug-likeness (QED) is 0.572. The van der Waals surface area contributed by atoms with Crippen LogP contribution in [0.4, 0.5) is 0 Å². The number of carbonyl (C=O) groups is 1. The molecule has 0 aliphatic heterocycles. The normalized spacial score (nSPS) is 9.69. The van der Waals surface area contributed by atoms with Crippen molar-refractivity contribution >= 4 is 29.6 Å². The Morgan fingerprint density at radius 2 is 2.38 bits per heavy atom. The summed E-state index contributed by atoms with van der Waals surface area (Å²) in [6.45, 7) is 0. The number of thioether (sulfide) groups is 1. The Balaban J connectivity index is 2.86. The first kappa shape index (κ1) is 10.4. The minimum atomic E-state index is 0.488.